The van der Waals surface area contributed by atoms with Gasteiger partial charge in [-0.25, -0.2) is 9.59 Å². The summed E-state index contributed by atoms with van der Waals surface area (Å²) in [4.78, 5) is 25.1. The molecule has 1 aliphatic heterocycles. The average molecular weight is 313 g/mol. The number of rotatable bonds is 2. The summed E-state index contributed by atoms with van der Waals surface area (Å²) >= 11 is 0. The van der Waals surface area contributed by atoms with Crippen LogP contribution in [0.3, 0.4) is 0 Å². The zero-order chi connectivity index (χ0) is 17.1. The van der Waals surface area contributed by atoms with E-state index in [0.717, 1.165) is 12.8 Å². The lowest BCUT2D eigenvalue weighted by Gasteiger charge is -2.39. The van der Waals surface area contributed by atoms with Crippen molar-refractivity contribution in [2.75, 3.05) is 13.1 Å². The first-order valence-electron chi connectivity index (χ1n) is 7.89. The number of alkyl carbamates (subject to hydrolysis) is 1. The molecule has 0 spiro atoms. The molecule has 0 aliphatic carbocycles. The maximum Gasteiger partial charge on any atom is 0.407 e. The summed E-state index contributed by atoms with van der Waals surface area (Å²) < 4.78 is 5.29. The first-order valence-corrected chi connectivity index (χ1v) is 7.89. The molecule has 0 aromatic carbocycles. The molecular weight excluding hydrogens is 282 g/mol. The lowest BCUT2D eigenvalue weighted by molar-refractivity contribution is 0.0453. The normalized spacial score (nSPS) is 23.1. The van der Waals surface area contributed by atoms with Crippen molar-refractivity contribution < 1.29 is 14.3 Å². The van der Waals surface area contributed by atoms with Crippen LogP contribution in [0.2, 0.25) is 0 Å². The van der Waals surface area contributed by atoms with Gasteiger partial charge in [0.05, 0.1) is 6.04 Å². The number of nitrogens with one attached hydrogen (secondary N) is 1. The Bertz CT molecular complexity index is 410. The highest BCUT2D eigenvalue weighted by Crippen LogP contribution is 2.30. The first-order chi connectivity index (χ1) is 9.85. The minimum absolute atomic E-state index is 0.122. The van der Waals surface area contributed by atoms with Crippen molar-refractivity contribution in [2.45, 2.75) is 66.0 Å². The largest absolute Gasteiger partial charge is 0.444 e. The summed E-state index contributed by atoms with van der Waals surface area (Å²) in [6.45, 7) is 13.1. The van der Waals surface area contributed by atoms with E-state index >= 15 is 0 Å². The minimum Gasteiger partial charge on any atom is -0.444 e. The molecule has 6 nitrogen and oxygen atoms in total. The van der Waals surface area contributed by atoms with E-state index in [9.17, 15) is 9.59 Å². The van der Waals surface area contributed by atoms with Crippen molar-refractivity contribution in [3.8, 4) is 0 Å². The van der Waals surface area contributed by atoms with Gasteiger partial charge in [-0.15, -0.1) is 0 Å². The monoisotopic (exact) mass is 313 g/mol. The number of ether oxygens (including phenoxy) is 1. The van der Waals surface area contributed by atoms with Gasteiger partial charge in [-0.05, 0) is 44.9 Å². The van der Waals surface area contributed by atoms with E-state index in [2.05, 4.69) is 26.1 Å². The predicted octanol–water partition coefficient (Wildman–Crippen LogP) is 2.72. The molecule has 22 heavy (non-hydrogen) atoms. The van der Waals surface area contributed by atoms with Crippen LogP contribution >= 0.6 is 0 Å². The second-order valence-electron chi connectivity index (χ2n) is 8.45. The van der Waals surface area contributed by atoms with Gasteiger partial charge in [-0.3, -0.25) is 0 Å². The molecule has 6 heteroatoms. The molecule has 0 bridgehead atoms. The molecule has 1 saturated heterocycles. The quantitative estimate of drug-likeness (QED) is 0.822. The Hall–Kier alpha value is -1.46. The molecule has 0 radical (unpaired) electrons. The SMILES string of the molecule is CC(C)(C)CC1CC(NC(=O)OC(C)(C)C)CN(C(N)=O)C1. The molecular formula is C16H31N3O3. The maximum atomic E-state index is 11.9. The highest BCUT2D eigenvalue weighted by atomic mass is 16.6. The summed E-state index contributed by atoms with van der Waals surface area (Å²) in [5, 5.41) is 2.87. The molecule has 3 N–H and O–H groups in total. The van der Waals surface area contributed by atoms with E-state index in [1.807, 2.05) is 20.8 Å². The minimum atomic E-state index is -0.535. The second-order valence-corrected chi connectivity index (χ2v) is 8.45. The summed E-state index contributed by atoms with van der Waals surface area (Å²) in [5.74, 6) is 0.321. The van der Waals surface area contributed by atoms with E-state index in [1.54, 1.807) is 4.90 Å². The number of nitrogens with two attached hydrogens (primary N) is 1. The lowest BCUT2D eigenvalue weighted by atomic mass is 9.80. The lowest BCUT2D eigenvalue weighted by Crippen LogP contribution is -2.54. The van der Waals surface area contributed by atoms with Crippen molar-refractivity contribution in [3.63, 3.8) is 0 Å². The van der Waals surface area contributed by atoms with Gasteiger partial charge in [-0.2, -0.15) is 0 Å². The molecule has 0 saturated carbocycles. The molecule has 1 rings (SSSR count). The van der Waals surface area contributed by atoms with Crippen LogP contribution in [0, 0.1) is 11.3 Å². The summed E-state index contributed by atoms with van der Waals surface area (Å²) in [5.41, 5.74) is 5.06. The van der Waals surface area contributed by atoms with Crippen molar-refractivity contribution in [2.24, 2.45) is 17.1 Å². The van der Waals surface area contributed by atoms with Gasteiger partial charge >= 0.3 is 12.1 Å². The Labute approximate surface area is 133 Å². The Morgan fingerprint density at radius 1 is 1.18 bits per heavy atom. The van der Waals surface area contributed by atoms with Gasteiger partial charge in [-0.1, -0.05) is 20.8 Å². The van der Waals surface area contributed by atoms with Crippen LogP contribution in [-0.4, -0.2) is 41.8 Å². The third-order valence-corrected chi connectivity index (χ3v) is 3.47. The highest BCUT2D eigenvalue weighted by Gasteiger charge is 2.33. The first kappa shape index (κ1) is 18.6. The van der Waals surface area contributed by atoms with E-state index in [0.29, 0.717) is 19.0 Å². The third-order valence-electron chi connectivity index (χ3n) is 3.47. The fourth-order valence-electron chi connectivity index (χ4n) is 2.98. The number of amides is 3. The van der Waals surface area contributed by atoms with Crippen LogP contribution in [0.1, 0.15) is 54.4 Å². The Morgan fingerprint density at radius 2 is 1.77 bits per heavy atom. The fraction of sp³-hybridized carbons (Fsp3) is 0.875. The summed E-state index contributed by atoms with van der Waals surface area (Å²) in [6, 6.07) is -0.557. The number of piperidine rings is 1. The fourth-order valence-corrected chi connectivity index (χ4v) is 2.98. The topological polar surface area (TPSA) is 84.7 Å². The van der Waals surface area contributed by atoms with Crippen LogP contribution < -0.4 is 11.1 Å². The Kier molecular flexibility index (Phi) is 5.70. The van der Waals surface area contributed by atoms with Gasteiger partial charge < -0.3 is 20.7 Å². The van der Waals surface area contributed by atoms with Gasteiger partial charge in [0.1, 0.15) is 5.60 Å². The number of urea groups is 1. The number of hydrogen-bond acceptors (Lipinski definition) is 3. The molecule has 1 heterocycles. The van der Waals surface area contributed by atoms with Crippen LogP contribution in [0.25, 0.3) is 0 Å². The molecule has 1 fully saturated rings. The van der Waals surface area contributed by atoms with Crippen LogP contribution in [0.5, 0.6) is 0 Å². The number of carbonyl (C=O) groups excluding carboxylic acids is 2. The van der Waals surface area contributed by atoms with Gasteiger partial charge in [0.25, 0.3) is 0 Å². The van der Waals surface area contributed by atoms with Gasteiger partial charge in [0.2, 0.25) is 0 Å². The van der Waals surface area contributed by atoms with Crippen LogP contribution in [0.15, 0.2) is 0 Å². The second kappa shape index (κ2) is 6.75. The number of primary amides is 1. The Balaban J connectivity index is 2.68. The third kappa shape index (κ3) is 7.00. The highest BCUT2D eigenvalue weighted by molar-refractivity contribution is 5.72. The van der Waals surface area contributed by atoms with Crippen molar-refractivity contribution in [3.05, 3.63) is 0 Å². The van der Waals surface area contributed by atoms with Gasteiger partial charge in [0.15, 0.2) is 0 Å². The van der Waals surface area contributed by atoms with Crippen molar-refractivity contribution in [1.29, 1.82) is 0 Å². The van der Waals surface area contributed by atoms with E-state index in [1.165, 1.54) is 0 Å². The number of carbonyl (C=O) groups is 2. The zero-order valence-corrected chi connectivity index (χ0v) is 14.7. The predicted molar refractivity (Wildman–Crippen MR) is 86.5 cm³/mol. The van der Waals surface area contributed by atoms with Crippen molar-refractivity contribution in [1.82, 2.24) is 10.2 Å². The molecule has 128 valence electrons. The standard InChI is InChI=1S/C16H31N3O3/c1-15(2,3)8-11-7-12(10-19(9-11)13(17)20)18-14(21)22-16(4,5)6/h11-12H,7-10H2,1-6H3,(H2,17,20)(H,18,21). The van der Waals surface area contributed by atoms with Crippen molar-refractivity contribution >= 4 is 12.1 Å². The maximum absolute atomic E-state index is 11.9. The van der Waals surface area contributed by atoms with Crippen LogP contribution in [0.4, 0.5) is 9.59 Å². The molecule has 2 unspecified atom stereocenters. The smallest absolute Gasteiger partial charge is 0.407 e. The van der Waals surface area contributed by atoms with Gasteiger partial charge in [0, 0.05) is 13.1 Å². The van der Waals surface area contributed by atoms with E-state index in [-0.39, 0.29) is 11.5 Å². The zero-order valence-electron chi connectivity index (χ0n) is 14.7. The molecule has 0 aromatic heterocycles. The van der Waals surface area contributed by atoms with E-state index in [4.69, 9.17) is 10.5 Å². The van der Waals surface area contributed by atoms with Crippen LogP contribution in [-0.2, 0) is 4.74 Å². The average Bonchev–Trinajstić information content (AvgIpc) is 2.22. The number of nitrogens with zero attached hydrogens (tertiary/aromatic N) is 1. The van der Waals surface area contributed by atoms with E-state index < -0.39 is 17.7 Å². The summed E-state index contributed by atoms with van der Waals surface area (Å²) in [6.07, 6.45) is 1.36. The molecule has 0 aromatic rings. The Morgan fingerprint density at radius 3 is 2.23 bits per heavy atom. The number of hydrogen-bond donors (Lipinski definition) is 2. The molecule has 1 aliphatic rings. The molecule has 3 amide bonds. The summed E-state index contributed by atoms with van der Waals surface area (Å²) in [7, 11) is 0. The molecule has 2 atom stereocenters. The number of likely N-dealkylation sites (tertiary alicyclic amines) is 1.